The van der Waals surface area contributed by atoms with E-state index in [-0.39, 0.29) is 30.3 Å². The van der Waals surface area contributed by atoms with E-state index in [0.29, 0.717) is 16.6 Å². The number of rotatable bonds is 7. The van der Waals surface area contributed by atoms with Crippen LogP contribution in [0.15, 0.2) is 25.9 Å². The van der Waals surface area contributed by atoms with Gasteiger partial charge in [-0.3, -0.25) is 19.1 Å². The molecule has 0 aliphatic heterocycles. The Balaban J connectivity index is 2.62. The maximum absolute atomic E-state index is 12.3. The second kappa shape index (κ2) is 8.59. The lowest BCUT2D eigenvalue weighted by Crippen LogP contribution is -2.29. The van der Waals surface area contributed by atoms with Crippen LogP contribution in [0.25, 0.3) is 11.2 Å². The van der Waals surface area contributed by atoms with E-state index in [1.54, 1.807) is 24.5 Å². The molecule has 0 aromatic carbocycles. The Morgan fingerprint density at radius 1 is 1.42 bits per heavy atom. The van der Waals surface area contributed by atoms with Crippen molar-refractivity contribution in [2.45, 2.75) is 44.1 Å². The summed E-state index contributed by atoms with van der Waals surface area (Å²) < 4.78 is 8.00. The molecule has 0 fully saturated rings. The molecule has 2 heterocycles. The molecule has 1 atom stereocenters. The van der Waals surface area contributed by atoms with Crippen molar-refractivity contribution in [1.29, 1.82) is 0 Å². The second-order valence-corrected chi connectivity index (χ2v) is 7.32. The number of imidazole rings is 1. The van der Waals surface area contributed by atoms with Crippen molar-refractivity contribution in [1.82, 2.24) is 19.1 Å². The van der Waals surface area contributed by atoms with Gasteiger partial charge in [-0.1, -0.05) is 36.4 Å². The maximum Gasteiger partial charge on any atom is 0.329 e. The van der Waals surface area contributed by atoms with Gasteiger partial charge >= 0.3 is 11.7 Å². The van der Waals surface area contributed by atoms with Gasteiger partial charge in [0.15, 0.2) is 16.3 Å². The van der Waals surface area contributed by atoms with E-state index in [1.807, 2.05) is 6.92 Å². The Labute approximate surface area is 159 Å². The average Bonchev–Trinajstić information content (AvgIpc) is 2.94. The Morgan fingerprint density at radius 2 is 2.12 bits per heavy atom. The predicted octanol–water partition coefficient (Wildman–Crippen LogP) is 2.00. The summed E-state index contributed by atoms with van der Waals surface area (Å²) in [6, 6.07) is 0. The highest BCUT2D eigenvalue weighted by Crippen LogP contribution is 2.28. The van der Waals surface area contributed by atoms with Crippen LogP contribution in [0, 0.1) is 0 Å². The third kappa shape index (κ3) is 4.21. The van der Waals surface area contributed by atoms with E-state index >= 15 is 0 Å². The highest BCUT2D eigenvalue weighted by molar-refractivity contribution is 8.00. The monoisotopic (exact) mass is 400 g/mol. The maximum atomic E-state index is 12.3. The first-order chi connectivity index (χ1) is 12.3. The molecule has 2 rings (SSSR count). The van der Waals surface area contributed by atoms with E-state index in [1.165, 1.54) is 23.4 Å². The fourth-order valence-corrected chi connectivity index (χ4v) is 3.44. The zero-order valence-electron chi connectivity index (χ0n) is 15.0. The van der Waals surface area contributed by atoms with Crippen LogP contribution >= 0.6 is 23.4 Å². The molecular formula is C16H21ClN4O4S. The fourth-order valence-electron chi connectivity index (χ4n) is 2.35. The highest BCUT2D eigenvalue weighted by atomic mass is 35.5. The number of aromatic amines is 1. The number of allylic oxidation sites excluding steroid dienone is 2. The number of esters is 1. The summed E-state index contributed by atoms with van der Waals surface area (Å²) in [7, 11) is 1.53. The van der Waals surface area contributed by atoms with Crippen molar-refractivity contribution in [3.63, 3.8) is 0 Å². The standard InChI is InChI=1S/C16H21ClN4O4S/c1-5-10(14(23)25-6-2)26-16-18-12-11(21(16)8-7-9(3)17)13(22)19-15(24)20(12)4/h7,10H,5-6,8H2,1-4H3,(H,19,22,24)/b9-7-/t10-/m1/s1. The molecule has 0 bridgehead atoms. The molecule has 26 heavy (non-hydrogen) atoms. The number of H-pyrrole nitrogens is 1. The summed E-state index contributed by atoms with van der Waals surface area (Å²) >= 11 is 7.13. The van der Waals surface area contributed by atoms with E-state index in [0.717, 1.165) is 0 Å². The van der Waals surface area contributed by atoms with Gasteiger partial charge in [-0.2, -0.15) is 0 Å². The largest absolute Gasteiger partial charge is 0.465 e. The number of fused-ring (bicyclic) bond motifs is 1. The van der Waals surface area contributed by atoms with Crippen LogP contribution in [0.5, 0.6) is 0 Å². The summed E-state index contributed by atoms with van der Waals surface area (Å²) in [5, 5.41) is 0.532. The molecule has 10 heteroatoms. The number of nitrogens with one attached hydrogen (secondary N) is 1. The number of nitrogens with zero attached hydrogens (tertiary/aromatic N) is 3. The van der Waals surface area contributed by atoms with E-state index < -0.39 is 16.5 Å². The van der Waals surface area contributed by atoms with E-state index in [9.17, 15) is 14.4 Å². The van der Waals surface area contributed by atoms with Gasteiger partial charge < -0.3 is 9.30 Å². The third-order valence-corrected chi connectivity index (χ3v) is 5.18. The summed E-state index contributed by atoms with van der Waals surface area (Å²) in [6.07, 6.45) is 2.26. The molecule has 0 aliphatic rings. The Hall–Kier alpha value is -2.00. The molecule has 0 saturated carbocycles. The first kappa shape index (κ1) is 20.3. The molecular weight excluding hydrogens is 380 g/mol. The summed E-state index contributed by atoms with van der Waals surface area (Å²) in [6.45, 7) is 5.91. The zero-order chi connectivity index (χ0) is 19.4. The van der Waals surface area contributed by atoms with Crippen molar-refractivity contribution < 1.29 is 9.53 Å². The number of carbonyl (C=O) groups excluding carboxylic acids is 1. The van der Waals surface area contributed by atoms with Gasteiger partial charge in [0.2, 0.25) is 0 Å². The summed E-state index contributed by atoms with van der Waals surface area (Å²) in [5.41, 5.74) is -0.583. The molecule has 0 unspecified atom stereocenters. The molecule has 0 saturated heterocycles. The fraction of sp³-hybridized carbons (Fsp3) is 0.500. The summed E-state index contributed by atoms with van der Waals surface area (Å²) in [4.78, 5) is 43.0. The molecule has 2 aromatic rings. The van der Waals surface area contributed by atoms with Gasteiger partial charge in [0.25, 0.3) is 5.56 Å². The predicted molar refractivity (Wildman–Crippen MR) is 102 cm³/mol. The van der Waals surface area contributed by atoms with Crippen molar-refractivity contribution in [2.24, 2.45) is 7.05 Å². The number of thioether (sulfide) groups is 1. The molecule has 0 aliphatic carbocycles. The van der Waals surface area contributed by atoms with Gasteiger partial charge in [0.1, 0.15) is 5.25 Å². The van der Waals surface area contributed by atoms with Crippen molar-refractivity contribution in [2.75, 3.05) is 6.61 Å². The van der Waals surface area contributed by atoms with E-state index in [4.69, 9.17) is 16.3 Å². The van der Waals surface area contributed by atoms with E-state index in [2.05, 4.69) is 9.97 Å². The quantitative estimate of drug-likeness (QED) is 0.563. The lowest BCUT2D eigenvalue weighted by molar-refractivity contribution is -0.142. The third-order valence-electron chi connectivity index (χ3n) is 3.70. The smallest absolute Gasteiger partial charge is 0.329 e. The van der Waals surface area contributed by atoms with Crippen LogP contribution in [0.3, 0.4) is 0 Å². The molecule has 0 radical (unpaired) electrons. The number of aromatic nitrogens is 4. The minimum Gasteiger partial charge on any atom is -0.465 e. The van der Waals surface area contributed by atoms with Crippen molar-refractivity contribution in [3.8, 4) is 0 Å². The van der Waals surface area contributed by atoms with Crippen LogP contribution in [0.2, 0.25) is 0 Å². The molecule has 8 nitrogen and oxygen atoms in total. The molecule has 1 N–H and O–H groups in total. The average molecular weight is 401 g/mol. The lowest BCUT2D eigenvalue weighted by atomic mass is 10.3. The molecule has 0 spiro atoms. The van der Waals surface area contributed by atoms with Crippen LogP contribution in [-0.4, -0.2) is 36.9 Å². The summed E-state index contributed by atoms with van der Waals surface area (Å²) in [5.74, 6) is -0.342. The number of ether oxygens (including phenoxy) is 1. The Bertz CT molecular complexity index is 956. The van der Waals surface area contributed by atoms with Crippen molar-refractivity contribution in [3.05, 3.63) is 31.9 Å². The number of carbonyl (C=O) groups is 1. The number of halogens is 1. The molecule has 2 aromatic heterocycles. The zero-order valence-corrected chi connectivity index (χ0v) is 16.6. The lowest BCUT2D eigenvalue weighted by Gasteiger charge is -2.13. The number of hydrogen-bond donors (Lipinski definition) is 1. The Kier molecular flexibility index (Phi) is 6.71. The second-order valence-electron chi connectivity index (χ2n) is 5.55. The normalized spacial score (nSPS) is 13.2. The van der Waals surface area contributed by atoms with Gasteiger partial charge in [-0.25, -0.2) is 9.78 Å². The van der Waals surface area contributed by atoms with Gasteiger partial charge in [0.05, 0.1) is 6.61 Å². The molecule has 142 valence electrons. The van der Waals surface area contributed by atoms with Gasteiger partial charge in [-0.15, -0.1) is 0 Å². The first-order valence-corrected chi connectivity index (χ1v) is 9.40. The van der Waals surface area contributed by atoms with Gasteiger partial charge in [0, 0.05) is 18.6 Å². The van der Waals surface area contributed by atoms with Gasteiger partial charge in [-0.05, 0) is 20.3 Å². The topological polar surface area (TPSA) is 99.0 Å². The highest BCUT2D eigenvalue weighted by Gasteiger charge is 2.24. The van der Waals surface area contributed by atoms with Crippen LogP contribution in [-0.2, 0) is 23.1 Å². The van der Waals surface area contributed by atoms with Crippen LogP contribution in [0.4, 0.5) is 0 Å². The minimum absolute atomic E-state index is 0.251. The molecule has 0 amide bonds. The number of aryl methyl sites for hydroxylation is 1. The van der Waals surface area contributed by atoms with Crippen LogP contribution in [0.1, 0.15) is 27.2 Å². The minimum atomic E-state index is -0.551. The first-order valence-electron chi connectivity index (χ1n) is 8.15. The number of hydrogen-bond acceptors (Lipinski definition) is 6. The van der Waals surface area contributed by atoms with Crippen LogP contribution < -0.4 is 11.2 Å². The van der Waals surface area contributed by atoms with Crippen molar-refractivity contribution >= 4 is 40.5 Å². The Morgan fingerprint density at radius 3 is 2.69 bits per heavy atom. The SMILES string of the molecule is CCOC(=O)[C@@H](CC)Sc1nc2c(c(=O)[nH]c(=O)n2C)n1C/C=C(/C)Cl.